The highest BCUT2D eigenvalue weighted by Gasteiger charge is 2.35. The number of methoxy groups -OCH3 is 1. The predicted molar refractivity (Wildman–Crippen MR) is 124 cm³/mol. The number of hydrogen-bond acceptors (Lipinski definition) is 4. The number of carbonyl (C=O) groups excluding carboxylic acids is 1. The second-order valence-corrected chi connectivity index (χ2v) is 8.84. The molecule has 1 aliphatic heterocycles. The summed E-state index contributed by atoms with van der Waals surface area (Å²) in [6.45, 7) is 2.70. The van der Waals surface area contributed by atoms with Crippen molar-refractivity contribution in [1.29, 1.82) is 0 Å². The normalized spacial score (nSPS) is 15.8. The summed E-state index contributed by atoms with van der Waals surface area (Å²) < 4.78 is 5.69. The molecular weight excluding hydrogens is 406 g/mol. The molecule has 0 bridgehead atoms. The van der Waals surface area contributed by atoms with Crippen molar-refractivity contribution in [3.8, 4) is 5.75 Å². The van der Waals surface area contributed by atoms with Crippen LogP contribution in [0.15, 0.2) is 54.0 Å². The minimum atomic E-state index is -0.192. The second kappa shape index (κ2) is 8.19. The second-order valence-electron chi connectivity index (χ2n) is 7.91. The molecule has 0 unspecified atom stereocenters. The summed E-state index contributed by atoms with van der Waals surface area (Å²) in [5.74, 6) is 0.961. The van der Waals surface area contributed by atoms with Crippen LogP contribution in [0.2, 0.25) is 0 Å². The van der Waals surface area contributed by atoms with Crippen molar-refractivity contribution in [3.05, 3.63) is 81.4 Å². The molecule has 0 aliphatic carbocycles. The molecule has 4 aromatic rings. The third-order valence-corrected chi connectivity index (χ3v) is 7.19. The van der Waals surface area contributed by atoms with Crippen LogP contribution in [0.5, 0.6) is 5.75 Å². The minimum absolute atomic E-state index is 0.160. The molecule has 0 spiro atoms. The average molecular weight is 432 g/mol. The van der Waals surface area contributed by atoms with E-state index in [2.05, 4.69) is 34.2 Å². The van der Waals surface area contributed by atoms with Crippen molar-refractivity contribution in [2.75, 3.05) is 13.7 Å². The largest absolute Gasteiger partial charge is 0.496 e. The van der Waals surface area contributed by atoms with Crippen LogP contribution in [0.3, 0.4) is 0 Å². The Hall–Kier alpha value is -3.12. The Bertz CT molecular complexity index is 1240. The Kier molecular flexibility index (Phi) is 5.24. The van der Waals surface area contributed by atoms with E-state index in [-0.39, 0.29) is 11.9 Å². The summed E-state index contributed by atoms with van der Waals surface area (Å²) in [7, 11) is 1.69. The van der Waals surface area contributed by atoms with E-state index < -0.39 is 0 Å². The molecule has 2 aromatic carbocycles. The van der Waals surface area contributed by atoms with Crippen molar-refractivity contribution in [2.45, 2.75) is 32.2 Å². The van der Waals surface area contributed by atoms with Gasteiger partial charge in [-0.2, -0.15) is 0 Å². The Morgan fingerprint density at radius 2 is 2.03 bits per heavy atom. The first-order valence-electron chi connectivity index (χ1n) is 10.6. The van der Waals surface area contributed by atoms with Crippen LogP contribution < -0.4 is 4.74 Å². The third kappa shape index (κ3) is 3.51. The van der Waals surface area contributed by atoms with Gasteiger partial charge in [0.15, 0.2) is 0 Å². The molecule has 1 N–H and O–H groups in total. The summed E-state index contributed by atoms with van der Waals surface area (Å²) in [5, 5.41) is 1.24. The van der Waals surface area contributed by atoms with E-state index in [9.17, 15) is 4.79 Å². The molecule has 6 heteroatoms. The quantitative estimate of drug-likeness (QED) is 0.481. The monoisotopic (exact) mass is 431 g/mol. The average Bonchev–Trinajstić information content (AvgIpc) is 3.39. The Morgan fingerprint density at radius 1 is 1.23 bits per heavy atom. The number of H-pyrrole nitrogens is 1. The molecule has 5 nitrogen and oxygen atoms in total. The van der Waals surface area contributed by atoms with Crippen LogP contribution in [-0.2, 0) is 17.6 Å². The van der Waals surface area contributed by atoms with Gasteiger partial charge < -0.3 is 14.6 Å². The fourth-order valence-corrected chi connectivity index (χ4v) is 5.44. The number of para-hydroxylation sites is 2. The van der Waals surface area contributed by atoms with Gasteiger partial charge in [0.25, 0.3) is 0 Å². The van der Waals surface area contributed by atoms with Gasteiger partial charge in [-0.05, 0) is 37.5 Å². The molecule has 158 valence electrons. The van der Waals surface area contributed by atoms with Gasteiger partial charge in [0.1, 0.15) is 11.8 Å². The Labute approximate surface area is 185 Å². The summed E-state index contributed by atoms with van der Waals surface area (Å²) in [4.78, 5) is 24.6. The number of fused-ring (bicyclic) bond motifs is 3. The van der Waals surface area contributed by atoms with E-state index in [1.165, 1.54) is 15.8 Å². The zero-order valence-electron chi connectivity index (χ0n) is 17.7. The molecule has 3 heterocycles. The fourth-order valence-electron chi connectivity index (χ4n) is 4.66. The molecule has 0 radical (unpaired) electrons. The van der Waals surface area contributed by atoms with Crippen molar-refractivity contribution in [1.82, 2.24) is 14.9 Å². The molecule has 1 atom stereocenters. The third-order valence-electron chi connectivity index (χ3n) is 6.20. The lowest BCUT2D eigenvalue weighted by Crippen LogP contribution is -2.40. The van der Waals surface area contributed by atoms with Crippen LogP contribution in [-0.4, -0.2) is 34.4 Å². The number of amides is 1. The van der Waals surface area contributed by atoms with Crippen molar-refractivity contribution >= 4 is 28.1 Å². The molecule has 0 saturated carbocycles. The van der Waals surface area contributed by atoms with Crippen LogP contribution in [0.4, 0.5) is 0 Å². The van der Waals surface area contributed by atoms with Crippen molar-refractivity contribution in [3.63, 3.8) is 0 Å². The SMILES string of the molecule is COc1ccccc1[C@H]1c2[nH]c3ccccc3c2CCN1C(=O)CCc1scnc1C. The molecule has 0 fully saturated rings. The number of ether oxygens (including phenoxy) is 1. The lowest BCUT2D eigenvalue weighted by atomic mass is 9.91. The predicted octanol–water partition coefficient (Wildman–Crippen LogP) is 5.05. The van der Waals surface area contributed by atoms with Gasteiger partial charge in [0.05, 0.1) is 18.3 Å². The zero-order chi connectivity index (χ0) is 21.4. The van der Waals surface area contributed by atoms with Gasteiger partial charge in [0, 0.05) is 40.0 Å². The highest BCUT2D eigenvalue weighted by molar-refractivity contribution is 7.09. The molecule has 0 saturated heterocycles. The lowest BCUT2D eigenvalue weighted by molar-refractivity contribution is -0.133. The van der Waals surface area contributed by atoms with Crippen LogP contribution in [0.25, 0.3) is 10.9 Å². The fraction of sp³-hybridized carbons (Fsp3) is 0.280. The number of carbonyl (C=O) groups is 1. The number of hydrogen-bond donors (Lipinski definition) is 1. The Balaban J connectivity index is 1.55. The molecule has 1 aliphatic rings. The number of nitrogens with zero attached hydrogens (tertiary/aromatic N) is 2. The lowest BCUT2D eigenvalue weighted by Gasteiger charge is -2.37. The highest BCUT2D eigenvalue weighted by Crippen LogP contribution is 2.41. The summed E-state index contributed by atoms with van der Waals surface area (Å²) >= 11 is 1.62. The maximum absolute atomic E-state index is 13.5. The zero-order valence-corrected chi connectivity index (χ0v) is 18.5. The maximum atomic E-state index is 13.5. The molecule has 31 heavy (non-hydrogen) atoms. The summed E-state index contributed by atoms with van der Waals surface area (Å²) in [6.07, 6.45) is 2.05. The molecule has 2 aromatic heterocycles. The first-order valence-corrected chi connectivity index (χ1v) is 11.5. The number of rotatable bonds is 5. The van der Waals surface area contributed by atoms with Gasteiger partial charge in [-0.1, -0.05) is 36.4 Å². The number of aryl methyl sites for hydroxylation is 2. The van der Waals surface area contributed by atoms with Gasteiger partial charge in [0.2, 0.25) is 5.91 Å². The van der Waals surface area contributed by atoms with Gasteiger partial charge in [-0.3, -0.25) is 4.79 Å². The van der Waals surface area contributed by atoms with Crippen LogP contribution >= 0.6 is 11.3 Å². The molecular formula is C25H25N3O2S. The number of nitrogens with one attached hydrogen (secondary N) is 1. The van der Waals surface area contributed by atoms with Crippen LogP contribution in [0, 0.1) is 6.92 Å². The van der Waals surface area contributed by atoms with E-state index >= 15 is 0 Å². The molecule has 1 amide bonds. The topological polar surface area (TPSA) is 58.2 Å². The van der Waals surface area contributed by atoms with Gasteiger partial charge >= 0.3 is 0 Å². The smallest absolute Gasteiger partial charge is 0.223 e. The van der Waals surface area contributed by atoms with E-state index in [1.807, 2.05) is 41.6 Å². The number of aromatic amines is 1. The Morgan fingerprint density at radius 3 is 2.84 bits per heavy atom. The number of aromatic nitrogens is 2. The first-order chi connectivity index (χ1) is 15.2. The minimum Gasteiger partial charge on any atom is -0.496 e. The van der Waals surface area contributed by atoms with Crippen LogP contribution in [0.1, 0.15) is 39.9 Å². The van der Waals surface area contributed by atoms with Gasteiger partial charge in [-0.25, -0.2) is 4.98 Å². The van der Waals surface area contributed by atoms with Crippen molar-refractivity contribution in [2.24, 2.45) is 0 Å². The summed E-state index contributed by atoms with van der Waals surface area (Å²) in [5.41, 5.74) is 7.40. The summed E-state index contributed by atoms with van der Waals surface area (Å²) in [6, 6.07) is 16.2. The maximum Gasteiger partial charge on any atom is 0.223 e. The van der Waals surface area contributed by atoms with E-state index in [0.29, 0.717) is 13.0 Å². The van der Waals surface area contributed by atoms with E-state index in [1.54, 1.807) is 18.4 Å². The number of benzene rings is 2. The first kappa shape index (κ1) is 19.8. The molecule has 5 rings (SSSR count). The number of thiazole rings is 1. The van der Waals surface area contributed by atoms with Gasteiger partial charge in [-0.15, -0.1) is 11.3 Å². The van der Waals surface area contributed by atoms with Crippen molar-refractivity contribution < 1.29 is 9.53 Å². The highest BCUT2D eigenvalue weighted by atomic mass is 32.1. The van der Waals surface area contributed by atoms with E-state index in [4.69, 9.17) is 4.74 Å². The van der Waals surface area contributed by atoms with E-state index in [0.717, 1.165) is 41.1 Å². The standard InChI is InChI=1S/C25H25N3O2S/c1-16-22(31-15-26-16)11-12-23(29)28-14-13-18-17-7-3-5-9-20(17)27-24(18)25(28)19-8-4-6-10-21(19)30-2/h3-10,15,25,27H,11-14H2,1-2H3/t25-/m0/s1.